The number of anilines is 2. The lowest BCUT2D eigenvalue weighted by Gasteiger charge is -2.16. The molecular formula is C50H35N5. The average Bonchev–Trinajstić information content (AvgIpc) is 3.83. The Bertz CT molecular complexity index is 2940. The molecule has 10 aromatic rings. The fraction of sp³-hybridized carbons (Fsp3) is 0. The molecule has 8 aromatic carbocycles. The topological polar surface area (TPSA) is 58.6 Å². The van der Waals surface area contributed by atoms with Crippen LogP contribution in [0.15, 0.2) is 194 Å². The van der Waals surface area contributed by atoms with E-state index in [1.807, 2.05) is 47.3 Å². The molecule has 5 nitrogen and oxygen atoms in total. The summed E-state index contributed by atoms with van der Waals surface area (Å²) in [6, 6.07) is 66.0. The lowest BCUT2D eigenvalue weighted by atomic mass is 9.98. The monoisotopic (exact) mass is 705 g/mol. The van der Waals surface area contributed by atoms with E-state index in [0.717, 1.165) is 94.4 Å². The van der Waals surface area contributed by atoms with E-state index in [1.165, 1.54) is 6.21 Å². The van der Waals surface area contributed by atoms with Crippen molar-refractivity contribution in [1.82, 2.24) is 14.3 Å². The van der Waals surface area contributed by atoms with Crippen molar-refractivity contribution in [3.05, 3.63) is 200 Å². The maximum Gasteiger partial charge on any atom is 0.0741 e. The molecule has 260 valence electrons. The Morgan fingerprint density at radius 2 is 1.07 bits per heavy atom. The standard InChI is InChI=1S/C50H35N5/c51-32-46-47(53-41-17-9-3-10-18-41)24-23-44-45-31-37(36-21-25-48-40(27-36)33-52-55(48)42-19-11-4-12-20-42)22-26-49(45)54(50(44)46)43-29-38(34-13-5-1-6-14-34)28-39(30-43)35-15-7-2-8-16-35/h1-33,51,53H. The number of nitrogens with zero attached hydrogens (tertiary/aromatic N) is 3. The van der Waals surface area contributed by atoms with Crippen LogP contribution in [0.2, 0.25) is 0 Å². The van der Waals surface area contributed by atoms with E-state index in [-0.39, 0.29) is 0 Å². The molecule has 0 amide bonds. The summed E-state index contributed by atoms with van der Waals surface area (Å²) >= 11 is 0. The third-order valence-corrected chi connectivity index (χ3v) is 10.5. The Morgan fingerprint density at radius 3 is 1.73 bits per heavy atom. The Morgan fingerprint density at radius 1 is 0.473 bits per heavy atom. The van der Waals surface area contributed by atoms with Gasteiger partial charge in [-0.05, 0) is 106 Å². The zero-order valence-electron chi connectivity index (χ0n) is 29.9. The molecule has 0 aliphatic carbocycles. The van der Waals surface area contributed by atoms with Gasteiger partial charge in [-0.1, -0.05) is 115 Å². The molecule has 0 spiro atoms. The number of aromatic nitrogens is 3. The van der Waals surface area contributed by atoms with Crippen LogP contribution in [0.3, 0.4) is 0 Å². The molecule has 2 heterocycles. The molecule has 0 saturated heterocycles. The van der Waals surface area contributed by atoms with Gasteiger partial charge < -0.3 is 15.3 Å². The van der Waals surface area contributed by atoms with Crippen molar-refractivity contribution in [3.8, 4) is 44.8 Å². The molecule has 0 saturated carbocycles. The Balaban J connectivity index is 1.21. The molecule has 0 fully saturated rings. The number of hydrogen-bond acceptors (Lipinski definition) is 3. The van der Waals surface area contributed by atoms with Crippen molar-refractivity contribution in [2.75, 3.05) is 5.32 Å². The van der Waals surface area contributed by atoms with Crippen LogP contribution in [0.4, 0.5) is 11.4 Å². The second-order valence-corrected chi connectivity index (χ2v) is 13.8. The first-order valence-electron chi connectivity index (χ1n) is 18.5. The Kier molecular flexibility index (Phi) is 7.89. The van der Waals surface area contributed by atoms with Crippen molar-refractivity contribution < 1.29 is 0 Å². The summed E-state index contributed by atoms with van der Waals surface area (Å²) in [5.74, 6) is 0. The molecule has 2 aromatic heterocycles. The number of para-hydroxylation sites is 2. The van der Waals surface area contributed by atoms with E-state index < -0.39 is 0 Å². The first kappa shape index (κ1) is 32.2. The molecule has 55 heavy (non-hydrogen) atoms. The fourth-order valence-electron chi connectivity index (χ4n) is 7.84. The molecular weight excluding hydrogens is 671 g/mol. The minimum absolute atomic E-state index is 0.820. The zero-order chi connectivity index (χ0) is 36.7. The highest BCUT2D eigenvalue weighted by molar-refractivity contribution is 6.17. The maximum absolute atomic E-state index is 8.85. The molecule has 0 unspecified atom stereocenters. The Hall–Kier alpha value is -7.50. The molecule has 5 heteroatoms. The molecule has 0 radical (unpaired) electrons. The van der Waals surface area contributed by atoms with Crippen LogP contribution in [-0.4, -0.2) is 20.6 Å². The van der Waals surface area contributed by atoms with Gasteiger partial charge in [-0.15, -0.1) is 0 Å². The zero-order valence-corrected chi connectivity index (χ0v) is 29.9. The van der Waals surface area contributed by atoms with Crippen LogP contribution in [0.25, 0.3) is 77.5 Å². The highest BCUT2D eigenvalue weighted by Gasteiger charge is 2.20. The van der Waals surface area contributed by atoms with Crippen molar-refractivity contribution in [2.24, 2.45) is 0 Å². The third kappa shape index (κ3) is 5.75. The van der Waals surface area contributed by atoms with Gasteiger partial charge >= 0.3 is 0 Å². The molecule has 0 aliphatic heterocycles. The molecule has 2 N–H and O–H groups in total. The largest absolute Gasteiger partial charge is 0.355 e. The van der Waals surface area contributed by atoms with Crippen LogP contribution < -0.4 is 5.32 Å². The van der Waals surface area contributed by atoms with Gasteiger partial charge in [0.2, 0.25) is 0 Å². The third-order valence-electron chi connectivity index (χ3n) is 10.5. The van der Waals surface area contributed by atoms with E-state index >= 15 is 0 Å². The summed E-state index contributed by atoms with van der Waals surface area (Å²) in [5.41, 5.74) is 14.6. The van der Waals surface area contributed by atoms with Gasteiger partial charge in [0.1, 0.15) is 0 Å². The predicted molar refractivity (Wildman–Crippen MR) is 229 cm³/mol. The van der Waals surface area contributed by atoms with Gasteiger partial charge in [0.15, 0.2) is 0 Å². The summed E-state index contributed by atoms with van der Waals surface area (Å²) < 4.78 is 4.33. The summed E-state index contributed by atoms with van der Waals surface area (Å²) in [6.45, 7) is 0. The fourth-order valence-corrected chi connectivity index (χ4v) is 7.84. The van der Waals surface area contributed by atoms with Crippen molar-refractivity contribution in [1.29, 1.82) is 5.41 Å². The predicted octanol–water partition coefficient (Wildman–Crippen LogP) is 12.9. The van der Waals surface area contributed by atoms with Gasteiger partial charge in [-0.2, -0.15) is 5.10 Å². The average molecular weight is 706 g/mol. The van der Waals surface area contributed by atoms with Gasteiger partial charge in [-0.3, -0.25) is 0 Å². The van der Waals surface area contributed by atoms with E-state index in [0.29, 0.717) is 0 Å². The molecule has 10 rings (SSSR count). The molecule has 0 atom stereocenters. The van der Waals surface area contributed by atoms with Gasteiger partial charge in [0.05, 0.1) is 28.4 Å². The van der Waals surface area contributed by atoms with E-state index in [4.69, 9.17) is 10.5 Å². The molecule has 0 aliphatic rings. The van der Waals surface area contributed by atoms with Crippen LogP contribution in [-0.2, 0) is 0 Å². The summed E-state index contributed by atoms with van der Waals surface area (Å²) in [5, 5.41) is 20.5. The number of fused-ring (bicyclic) bond motifs is 4. The summed E-state index contributed by atoms with van der Waals surface area (Å²) in [6.07, 6.45) is 3.43. The summed E-state index contributed by atoms with van der Waals surface area (Å²) in [7, 11) is 0. The van der Waals surface area contributed by atoms with E-state index in [2.05, 4.69) is 162 Å². The highest BCUT2D eigenvalue weighted by atomic mass is 15.3. The van der Waals surface area contributed by atoms with Crippen molar-refractivity contribution >= 4 is 50.3 Å². The van der Waals surface area contributed by atoms with Gasteiger partial charge in [0.25, 0.3) is 0 Å². The smallest absolute Gasteiger partial charge is 0.0741 e. The minimum atomic E-state index is 0.820. The number of rotatable bonds is 8. The Labute approximate surface area is 318 Å². The number of benzene rings is 8. The minimum Gasteiger partial charge on any atom is -0.355 e. The first-order chi connectivity index (χ1) is 27.2. The normalized spacial score (nSPS) is 11.3. The van der Waals surface area contributed by atoms with Gasteiger partial charge in [-0.25, -0.2) is 4.68 Å². The first-order valence-corrected chi connectivity index (χ1v) is 18.5. The van der Waals surface area contributed by atoms with E-state index in [9.17, 15) is 0 Å². The highest BCUT2D eigenvalue weighted by Crippen LogP contribution is 2.41. The lowest BCUT2D eigenvalue weighted by Crippen LogP contribution is -2.01. The lowest BCUT2D eigenvalue weighted by molar-refractivity contribution is 0.911. The van der Waals surface area contributed by atoms with Crippen LogP contribution in [0.5, 0.6) is 0 Å². The van der Waals surface area contributed by atoms with Gasteiger partial charge in [0, 0.05) is 45.0 Å². The van der Waals surface area contributed by atoms with Crippen LogP contribution in [0.1, 0.15) is 5.56 Å². The van der Waals surface area contributed by atoms with Crippen molar-refractivity contribution in [2.45, 2.75) is 0 Å². The number of hydrogen-bond donors (Lipinski definition) is 2. The second-order valence-electron chi connectivity index (χ2n) is 13.8. The summed E-state index contributed by atoms with van der Waals surface area (Å²) in [4.78, 5) is 0. The SMILES string of the molecule is N=Cc1c(Nc2ccccc2)ccc2c3cc(-c4ccc5c(cnn5-c5ccccc5)c4)ccc3n(-c3cc(-c4ccccc4)cc(-c4ccccc4)c3)c12. The number of nitrogens with one attached hydrogen (secondary N) is 2. The quantitative estimate of drug-likeness (QED) is 0.155. The molecule has 0 bridgehead atoms. The maximum atomic E-state index is 8.85. The van der Waals surface area contributed by atoms with E-state index in [1.54, 1.807) is 0 Å². The van der Waals surface area contributed by atoms with Crippen LogP contribution >= 0.6 is 0 Å². The van der Waals surface area contributed by atoms with Crippen LogP contribution in [0, 0.1) is 5.41 Å². The van der Waals surface area contributed by atoms with Crippen molar-refractivity contribution in [3.63, 3.8) is 0 Å². The second kappa shape index (κ2) is 13.5.